The van der Waals surface area contributed by atoms with Crippen molar-refractivity contribution in [3.8, 4) is 34.2 Å². The topological polar surface area (TPSA) is 113 Å². The van der Waals surface area contributed by atoms with Crippen molar-refractivity contribution >= 4 is 21.9 Å². The zero-order chi connectivity index (χ0) is 25.5. The molecule has 1 aromatic carbocycles. The molecule has 2 N–H and O–H groups in total. The van der Waals surface area contributed by atoms with Gasteiger partial charge < -0.3 is 9.72 Å². The summed E-state index contributed by atoms with van der Waals surface area (Å²) >= 11 is 0. The Morgan fingerprint density at radius 1 is 1.00 bits per heavy atom. The van der Waals surface area contributed by atoms with E-state index in [0.29, 0.717) is 12.4 Å². The van der Waals surface area contributed by atoms with Gasteiger partial charge in [0, 0.05) is 36.1 Å². The number of benzene rings is 1. The summed E-state index contributed by atoms with van der Waals surface area (Å²) in [5, 5.41) is 8.70. The van der Waals surface area contributed by atoms with Crippen LogP contribution >= 0.6 is 0 Å². The molecule has 190 valence electrons. The SMILES string of the molecule is Cc1cn(-c2nccc3[nH]c(-c4n[nH]c5ccc(-c6cncc(OCCN7CCCC7)c6)cc45)nc23)cn1. The number of aromatic nitrogens is 8. The van der Waals surface area contributed by atoms with E-state index in [0.717, 1.165) is 62.6 Å². The van der Waals surface area contributed by atoms with Crippen molar-refractivity contribution in [1.29, 1.82) is 0 Å². The van der Waals surface area contributed by atoms with Gasteiger partial charge in [-0.25, -0.2) is 15.0 Å². The van der Waals surface area contributed by atoms with Crippen LogP contribution in [-0.2, 0) is 0 Å². The molecule has 0 bridgehead atoms. The lowest BCUT2D eigenvalue weighted by Gasteiger charge is -2.15. The number of likely N-dealkylation sites (tertiary alicyclic amines) is 1. The molecular weight excluding hydrogens is 478 g/mol. The minimum absolute atomic E-state index is 0.664. The number of nitrogens with zero attached hydrogens (tertiary/aromatic N) is 7. The molecule has 0 unspecified atom stereocenters. The molecule has 0 spiro atoms. The summed E-state index contributed by atoms with van der Waals surface area (Å²) in [4.78, 5) is 24.1. The van der Waals surface area contributed by atoms with Gasteiger partial charge >= 0.3 is 0 Å². The highest BCUT2D eigenvalue weighted by Crippen LogP contribution is 2.32. The molecule has 7 rings (SSSR count). The summed E-state index contributed by atoms with van der Waals surface area (Å²) in [6, 6.07) is 10.2. The Balaban J connectivity index is 1.20. The Kier molecular flexibility index (Phi) is 5.58. The fourth-order valence-electron chi connectivity index (χ4n) is 5.09. The second kappa shape index (κ2) is 9.38. The van der Waals surface area contributed by atoms with Crippen molar-refractivity contribution < 1.29 is 4.74 Å². The fourth-order valence-corrected chi connectivity index (χ4v) is 5.09. The largest absolute Gasteiger partial charge is 0.491 e. The predicted molar refractivity (Wildman–Crippen MR) is 145 cm³/mol. The number of nitrogens with one attached hydrogen (secondary N) is 2. The van der Waals surface area contributed by atoms with Crippen LogP contribution in [0.5, 0.6) is 5.75 Å². The van der Waals surface area contributed by atoms with Crippen LogP contribution in [0.2, 0.25) is 0 Å². The van der Waals surface area contributed by atoms with Crippen molar-refractivity contribution in [2.24, 2.45) is 0 Å². The van der Waals surface area contributed by atoms with Crippen molar-refractivity contribution in [2.45, 2.75) is 19.8 Å². The van der Waals surface area contributed by atoms with Gasteiger partial charge in [0.05, 0.1) is 22.9 Å². The van der Waals surface area contributed by atoms with E-state index in [1.54, 1.807) is 18.7 Å². The van der Waals surface area contributed by atoms with Crippen LogP contribution in [0.4, 0.5) is 0 Å². The molecule has 0 radical (unpaired) electrons. The third kappa shape index (κ3) is 4.18. The number of hydrogen-bond acceptors (Lipinski definition) is 7. The van der Waals surface area contributed by atoms with Crippen LogP contribution in [0.25, 0.3) is 50.4 Å². The van der Waals surface area contributed by atoms with Gasteiger partial charge in [0.2, 0.25) is 0 Å². The van der Waals surface area contributed by atoms with E-state index in [4.69, 9.17) is 9.72 Å². The summed E-state index contributed by atoms with van der Waals surface area (Å²) in [7, 11) is 0. The molecule has 0 saturated carbocycles. The molecule has 6 heterocycles. The highest BCUT2D eigenvalue weighted by atomic mass is 16.5. The number of hydrogen-bond donors (Lipinski definition) is 2. The zero-order valence-corrected chi connectivity index (χ0v) is 21.1. The van der Waals surface area contributed by atoms with Crippen molar-refractivity contribution in [3.63, 3.8) is 0 Å². The molecule has 0 atom stereocenters. The van der Waals surface area contributed by atoms with Crippen LogP contribution in [-0.4, -0.2) is 70.8 Å². The smallest absolute Gasteiger partial charge is 0.166 e. The summed E-state index contributed by atoms with van der Waals surface area (Å²) in [6.07, 6.45) is 11.7. The second-order valence-corrected chi connectivity index (χ2v) is 9.68. The normalized spacial score (nSPS) is 14.1. The molecule has 38 heavy (non-hydrogen) atoms. The van der Waals surface area contributed by atoms with Crippen LogP contribution < -0.4 is 4.74 Å². The van der Waals surface area contributed by atoms with Crippen LogP contribution in [0.3, 0.4) is 0 Å². The first-order valence-corrected chi connectivity index (χ1v) is 12.9. The number of H-pyrrole nitrogens is 2. The van der Waals surface area contributed by atoms with Gasteiger partial charge in [-0.2, -0.15) is 5.10 Å². The first-order valence-electron chi connectivity index (χ1n) is 12.9. The second-order valence-electron chi connectivity index (χ2n) is 9.68. The number of rotatable bonds is 7. The average molecular weight is 506 g/mol. The van der Waals surface area contributed by atoms with E-state index in [9.17, 15) is 0 Å². The molecule has 1 fully saturated rings. The van der Waals surface area contributed by atoms with Gasteiger partial charge in [-0.05, 0) is 62.7 Å². The molecule has 1 aliphatic heterocycles. The van der Waals surface area contributed by atoms with E-state index in [1.165, 1.54) is 25.9 Å². The Bertz CT molecular complexity index is 1740. The van der Waals surface area contributed by atoms with E-state index in [2.05, 4.69) is 47.2 Å². The standard InChI is InChI=1S/C28H27N9O/c1-18-16-37(17-31-18)28-26-24(6-7-30-28)32-27(33-26)25-22-13-19(4-5-23(22)34-35-25)20-12-21(15-29-14-20)38-11-10-36-8-2-3-9-36/h4-7,12-17H,2-3,8-11H2,1H3,(H,32,33)(H,34,35). The Morgan fingerprint density at radius 2 is 1.92 bits per heavy atom. The molecule has 6 aromatic rings. The maximum absolute atomic E-state index is 6.03. The number of aromatic amines is 2. The number of aryl methyl sites for hydroxylation is 1. The number of pyridine rings is 2. The highest BCUT2D eigenvalue weighted by Gasteiger charge is 2.17. The van der Waals surface area contributed by atoms with E-state index >= 15 is 0 Å². The Hall–Kier alpha value is -4.57. The zero-order valence-electron chi connectivity index (χ0n) is 21.1. The lowest BCUT2D eigenvalue weighted by Crippen LogP contribution is -2.25. The first-order chi connectivity index (χ1) is 18.7. The van der Waals surface area contributed by atoms with E-state index in [1.807, 2.05) is 42.1 Å². The minimum Gasteiger partial charge on any atom is -0.491 e. The Morgan fingerprint density at radius 3 is 2.79 bits per heavy atom. The highest BCUT2D eigenvalue weighted by molar-refractivity contribution is 5.96. The van der Waals surface area contributed by atoms with Gasteiger partial charge in [-0.1, -0.05) is 6.07 Å². The minimum atomic E-state index is 0.664. The average Bonchev–Trinajstić information content (AvgIpc) is 3.74. The van der Waals surface area contributed by atoms with Crippen molar-refractivity contribution in [2.75, 3.05) is 26.2 Å². The van der Waals surface area contributed by atoms with E-state index < -0.39 is 0 Å². The predicted octanol–water partition coefficient (Wildman–Crippen LogP) is 4.53. The Labute approximate surface area is 218 Å². The summed E-state index contributed by atoms with van der Waals surface area (Å²) in [5.74, 6) is 2.17. The third-order valence-corrected chi connectivity index (χ3v) is 7.05. The van der Waals surface area contributed by atoms with Crippen LogP contribution in [0, 0.1) is 6.92 Å². The van der Waals surface area contributed by atoms with E-state index in [-0.39, 0.29) is 0 Å². The maximum atomic E-state index is 6.03. The summed E-state index contributed by atoms with van der Waals surface area (Å²) in [5.41, 5.74) is 6.26. The lowest BCUT2D eigenvalue weighted by atomic mass is 10.0. The lowest BCUT2D eigenvalue weighted by molar-refractivity contribution is 0.237. The monoisotopic (exact) mass is 505 g/mol. The fraction of sp³-hybridized carbons (Fsp3) is 0.250. The van der Waals surface area contributed by atoms with Gasteiger partial charge in [0.25, 0.3) is 0 Å². The molecule has 10 nitrogen and oxygen atoms in total. The van der Waals surface area contributed by atoms with Crippen molar-refractivity contribution in [3.05, 3.63) is 67.1 Å². The summed E-state index contributed by atoms with van der Waals surface area (Å²) < 4.78 is 7.91. The molecular formula is C28H27N9O. The number of ether oxygens (including phenoxy) is 1. The van der Waals surface area contributed by atoms with Crippen LogP contribution in [0.1, 0.15) is 18.5 Å². The molecule has 1 aliphatic rings. The first kappa shape index (κ1) is 22.6. The molecule has 10 heteroatoms. The third-order valence-electron chi connectivity index (χ3n) is 7.05. The number of imidazole rings is 2. The molecule has 0 amide bonds. The molecule has 0 aliphatic carbocycles. The quantitative estimate of drug-likeness (QED) is 0.328. The van der Waals surface area contributed by atoms with Gasteiger partial charge in [0.15, 0.2) is 11.6 Å². The van der Waals surface area contributed by atoms with Gasteiger partial charge in [-0.15, -0.1) is 0 Å². The van der Waals surface area contributed by atoms with Gasteiger partial charge in [0.1, 0.15) is 29.9 Å². The van der Waals surface area contributed by atoms with Crippen LogP contribution in [0.15, 0.2) is 61.4 Å². The van der Waals surface area contributed by atoms with Crippen molar-refractivity contribution in [1.82, 2.24) is 44.6 Å². The summed E-state index contributed by atoms with van der Waals surface area (Å²) in [6.45, 7) is 5.90. The maximum Gasteiger partial charge on any atom is 0.166 e. The molecule has 5 aromatic heterocycles. The number of fused-ring (bicyclic) bond motifs is 2. The van der Waals surface area contributed by atoms with Gasteiger partial charge in [-0.3, -0.25) is 19.5 Å². The molecule has 1 saturated heterocycles.